The molecule has 2 N–H and O–H groups in total. The Morgan fingerprint density at radius 1 is 1.20 bits per heavy atom. The number of nitrogens with two attached hydrogens (primary N) is 1. The van der Waals surface area contributed by atoms with E-state index in [9.17, 15) is 8.42 Å². The minimum atomic E-state index is -3.42. The summed E-state index contributed by atoms with van der Waals surface area (Å²) in [6, 6.07) is 5.33. The van der Waals surface area contributed by atoms with E-state index in [0.717, 1.165) is 30.6 Å². The van der Waals surface area contributed by atoms with E-state index in [4.69, 9.17) is 5.73 Å². The third-order valence-electron chi connectivity index (χ3n) is 3.91. The second kappa shape index (κ2) is 6.22. The molecule has 5 nitrogen and oxygen atoms in total. The Morgan fingerprint density at radius 2 is 1.95 bits per heavy atom. The fourth-order valence-electron chi connectivity index (χ4n) is 2.56. The van der Waals surface area contributed by atoms with Crippen LogP contribution in [0.15, 0.2) is 23.1 Å². The first-order valence-corrected chi connectivity index (χ1v) is 8.38. The van der Waals surface area contributed by atoms with Crippen LogP contribution < -0.4 is 5.73 Å². The highest BCUT2D eigenvalue weighted by atomic mass is 32.2. The Labute approximate surface area is 121 Å². The fraction of sp³-hybridized carbons (Fsp3) is 0.571. The van der Waals surface area contributed by atoms with Gasteiger partial charge >= 0.3 is 0 Å². The molecule has 1 aliphatic heterocycles. The number of sulfonamides is 1. The summed E-state index contributed by atoms with van der Waals surface area (Å²) in [5.41, 5.74) is 7.33. The lowest BCUT2D eigenvalue weighted by Crippen LogP contribution is -2.35. The second-order valence-corrected chi connectivity index (χ2v) is 7.21. The van der Waals surface area contributed by atoms with Gasteiger partial charge in [-0.2, -0.15) is 4.31 Å². The summed E-state index contributed by atoms with van der Waals surface area (Å²) in [4.78, 5) is 2.56. The molecule has 0 spiro atoms. The van der Waals surface area contributed by atoms with Gasteiger partial charge in [-0.3, -0.25) is 0 Å². The van der Waals surface area contributed by atoms with E-state index < -0.39 is 10.0 Å². The highest BCUT2D eigenvalue weighted by Crippen LogP contribution is 2.23. The minimum absolute atomic E-state index is 0.359. The van der Waals surface area contributed by atoms with Crippen molar-refractivity contribution in [1.29, 1.82) is 0 Å². The normalized spacial score (nSPS) is 18.9. The molecule has 1 aliphatic rings. The molecule has 0 aliphatic carbocycles. The van der Waals surface area contributed by atoms with Gasteiger partial charge in [0.1, 0.15) is 0 Å². The molecular weight excluding hydrogens is 274 g/mol. The van der Waals surface area contributed by atoms with E-state index >= 15 is 0 Å². The van der Waals surface area contributed by atoms with Gasteiger partial charge in [0.05, 0.1) is 4.90 Å². The summed E-state index contributed by atoms with van der Waals surface area (Å²) < 4.78 is 27.2. The molecule has 0 atom stereocenters. The van der Waals surface area contributed by atoms with Crippen molar-refractivity contribution in [3.8, 4) is 0 Å². The maximum absolute atomic E-state index is 12.8. The quantitative estimate of drug-likeness (QED) is 0.895. The van der Waals surface area contributed by atoms with Crippen molar-refractivity contribution in [3.63, 3.8) is 0 Å². The molecule has 112 valence electrons. The van der Waals surface area contributed by atoms with Crippen LogP contribution in [0.5, 0.6) is 0 Å². The minimum Gasteiger partial charge on any atom is -0.326 e. The summed E-state index contributed by atoms with van der Waals surface area (Å²) in [6.45, 7) is 5.03. The van der Waals surface area contributed by atoms with E-state index in [2.05, 4.69) is 4.90 Å². The predicted octanol–water partition coefficient (Wildman–Crippen LogP) is 0.780. The van der Waals surface area contributed by atoms with Gasteiger partial charge in [0.25, 0.3) is 0 Å². The highest BCUT2D eigenvalue weighted by Gasteiger charge is 2.27. The zero-order valence-electron chi connectivity index (χ0n) is 12.2. The van der Waals surface area contributed by atoms with Crippen LogP contribution in [0, 0.1) is 6.92 Å². The molecule has 0 radical (unpaired) electrons. The fourth-order valence-corrected chi connectivity index (χ4v) is 4.30. The van der Waals surface area contributed by atoms with Gasteiger partial charge in [0, 0.05) is 26.2 Å². The topological polar surface area (TPSA) is 66.6 Å². The lowest BCUT2D eigenvalue weighted by molar-refractivity contribution is 0.347. The number of hydrogen-bond donors (Lipinski definition) is 1. The summed E-state index contributed by atoms with van der Waals surface area (Å²) in [6.07, 6.45) is 0.866. The van der Waals surface area contributed by atoms with Gasteiger partial charge in [-0.1, -0.05) is 12.1 Å². The van der Waals surface area contributed by atoms with Crippen LogP contribution in [-0.4, -0.2) is 50.8 Å². The first-order chi connectivity index (χ1) is 9.46. The molecule has 1 saturated heterocycles. The van der Waals surface area contributed by atoms with Gasteiger partial charge in [-0.25, -0.2) is 8.42 Å². The number of hydrogen-bond acceptors (Lipinski definition) is 4. The predicted molar refractivity (Wildman–Crippen MR) is 79.9 cm³/mol. The standard InChI is InChI=1S/C14H23N3O2S/c1-12-13(11-15)5-3-6-14(12)20(18,19)17-8-4-7-16(2)9-10-17/h3,5-6H,4,7-11,15H2,1-2H3. The Hall–Kier alpha value is -0.950. The molecule has 0 aromatic heterocycles. The molecule has 1 heterocycles. The van der Waals surface area contributed by atoms with Gasteiger partial charge < -0.3 is 10.6 Å². The lowest BCUT2D eigenvalue weighted by atomic mass is 10.1. The molecule has 0 unspecified atom stereocenters. The van der Waals surface area contributed by atoms with E-state index in [0.29, 0.717) is 24.5 Å². The van der Waals surface area contributed by atoms with Crippen LogP contribution in [0.2, 0.25) is 0 Å². The third-order valence-corrected chi connectivity index (χ3v) is 5.96. The van der Waals surface area contributed by atoms with E-state index in [1.807, 2.05) is 20.0 Å². The van der Waals surface area contributed by atoms with E-state index in [1.54, 1.807) is 16.4 Å². The molecular formula is C14H23N3O2S. The van der Waals surface area contributed by atoms with Gasteiger partial charge in [-0.15, -0.1) is 0 Å². The summed E-state index contributed by atoms with van der Waals surface area (Å²) in [5.74, 6) is 0. The molecule has 0 bridgehead atoms. The molecule has 20 heavy (non-hydrogen) atoms. The van der Waals surface area contributed by atoms with Crippen molar-refractivity contribution >= 4 is 10.0 Å². The molecule has 0 amide bonds. The largest absolute Gasteiger partial charge is 0.326 e. The van der Waals surface area contributed by atoms with Crippen molar-refractivity contribution in [2.75, 3.05) is 33.2 Å². The molecule has 1 aromatic rings. The Morgan fingerprint density at radius 3 is 2.65 bits per heavy atom. The van der Waals surface area contributed by atoms with Crippen LogP contribution >= 0.6 is 0 Å². The van der Waals surface area contributed by atoms with Crippen LogP contribution in [0.25, 0.3) is 0 Å². The van der Waals surface area contributed by atoms with Gasteiger partial charge in [0.2, 0.25) is 10.0 Å². The Bertz CT molecular complexity index is 572. The summed E-state index contributed by atoms with van der Waals surface area (Å²) in [5, 5.41) is 0. The lowest BCUT2D eigenvalue weighted by Gasteiger charge is -2.22. The number of benzene rings is 1. The molecule has 2 rings (SSSR count). The van der Waals surface area contributed by atoms with Crippen LogP contribution in [0.3, 0.4) is 0 Å². The number of likely N-dealkylation sites (N-methyl/N-ethyl adjacent to an activating group) is 1. The molecule has 0 saturated carbocycles. The van der Waals surface area contributed by atoms with Gasteiger partial charge in [-0.05, 0) is 44.1 Å². The SMILES string of the molecule is Cc1c(CN)cccc1S(=O)(=O)N1CCCN(C)CC1. The maximum Gasteiger partial charge on any atom is 0.243 e. The zero-order chi connectivity index (χ0) is 14.8. The third kappa shape index (κ3) is 3.03. The average molecular weight is 297 g/mol. The van der Waals surface area contributed by atoms with Crippen LogP contribution in [0.4, 0.5) is 0 Å². The summed E-state index contributed by atoms with van der Waals surface area (Å²) in [7, 11) is -1.40. The molecule has 1 aromatic carbocycles. The Balaban J connectivity index is 2.35. The van der Waals surface area contributed by atoms with Gasteiger partial charge in [0.15, 0.2) is 0 Å². The average Bonchev–Trinajstić information content (AvgIpc) is 2.64. The monoisotopic (exact) mass is 297 g/mol. The number of rotatable bonds is 3. The van der Waals surface area contributed by atoms with Crippen molar-refractivity contribution in [1.82, 2.24) is 9.21 Å². The molecule has 6 heteroatoms. The summed E-state index contributed by atoms with van der Waals surface area (Å²) >= 11 is 0. The number of nitrogens with zero attached hydrogens (tertiary/aromatic N) is 2. The Kier molecular flexibility index (Phi) is 4.80. The molecule has 1 fully saturated rings. The zero-order valence-corrected chi connectivity index (χ0v) is 13.0. The first-order valence-electron chi connectivity index (χ1n) is 6.94. The van der Waals surface area contributed by atoms with E-state index in [-0.39, 0.29) is 0 Å². The van der Waals surface area contributed by atoms with Crippen molar-refractivity contribution in [2.45, 2.75) is 24.8 Å². The van der Waals surface area contributed by atoms with Crippen molar-refractivity contribution in [2.24, 2.45) is 5.73 Å². The van der Waals surface area contributed by atoms with E-state index in [1.165, 1.54) is 0 Å². The van der Waals surface area contributed by atoms with Crippen LogP contribution in [-0.2, 0) is 16.6 Å². The first kappa shape index (κ1) is 15.4. The maximum atomic E-state index is 12.8. The van der Waals surface area contributed by atoms with Crippen LogP contribution in [0.1, 0.15) is 17.5 Å². The van der Waals surface area contributed by atoms with Crippen molar-refractivity contribution in [3.05, 3.63) is 29.3 Å². The highest BCUT2D eigenvalue weighted by molar-refractivity contribution is 7.89. The van der Waals surface area contributed by atoms with Crippen molar-refractivity contribution < 1.29 is 8.42 Å². The second-order valence-electron chi connectivity index (χ2n) is 5.31. The smallest absolute Gasteiger partial charge is 0.243 e.